The van der Waals surface area contributed by atoms with E-state index in [9.17, 15) is 4.79 Å². The third-order valence-electron chi connectivity index (χ3n) is 3.12. The Labute approximate surface area is 104 Å². The Morgan fingerprint density at radius 2 is 2.12 bits per heavy atom. The zero-order valence-electron chi connectivity index (χ0n) is 11.3. The van der Waals surface area contributed by atoms with Crippen LogP contribution in [0, 0.1) is 5.92 Å². The molecule has 0 aromatic heterocycles. The van der Waals surface area contributed by atoms with Crippen molar-refractivity contribution in [3.63, 3.8) is 0 Å². The van der Waals surface area contributed by atoms with Gasteiger partial charge in [-0.2, -0.15) is 0 Å². The lowest BCUT2D eigenvalue weighted by Crippen LogP contribution is -2.46. The van der Waals surface area contributed by atoms with Gasteiger partial charge in [-0.1, -0.05) is 27.2 Å². The first-order chi connectivity index (χ1) is 8.11. The number of nitrogens with one attached hydrogen (secondary N) is 2. The summed E-state index contributed by atoms with van der Waals surface area (Å²) in [5, 5.41) is 6.37. The van der Waals surface area contributed by atoms with E-state index in [1.165, 1.54) is 19.3 Å². The smallest absolute Gasteiger partial charge is 0.407 e. The molecule has 4 nitrogen and oxygen atoms in total. The summed E-state index contributed by atoms with van der Waals surface area (Å²) in [7, 11) is 0. The van der Waals surface area contributed by atoms with E-state index in [2.05, 4.69) is 17.6 Å². The molecule has 1 unspecified atom stereocenters. The van der Waals surface area contributed by atoms with Crippen LogP contribution in [0.25, 0.3) is 0 Å². The first-order valence-corrected chi connectivity index (χ1v) is 6.78. The van der Waals surface area contributed by atoms with Crippen LogP contribution in [0.15, 0.2) is 0 Å². The molecule has 1 fully saturated rings. The molecule has 2 N–H and O–H groups in total. The van der Waals surface area contributed by atoms with E-state index in [0.717, 1.165) is 13.0 Å². The molecule has 0 spiro atoms. The fourth-order valence-corrected chi connectivity index (χ4v) is 1.67. The molecule has 100 valence electrons. The number of carbonyl (C=O) groups excluding carboxylic acids is 1. The fraction of sp³-hybridized carbons (Fsp3) is 0.923. The summed E-state index contributed by atoms with van der Waals surface area (Å²) >= 11 is 0. The molecule has 0 aliphatic heterocycles. The van der Waals surface area contributed by atoms with Gasteiger partial charge in [0.25, 0.3) is 0 Å². The lowest BCUT2D eigenvalue weighted by molar-refractivity contribution is 0.128. The highest BCUT2D eigenvalue weighted by atomic mass is 16.5. The van der Waals surface area contributed by atoms with Gasteiger partial charge in [0.2, 0.25) is 0 Å². The number of carbonyl (C=O) groups is 1. The van der Waals surface area contributed by atoms with Gasteiger partial charge in [0.05, 0.1) is 6.61 Å². The van der Waals surface area contributed by atoms with E-state index < -0.39 is 0 Å². The van der Waals surface area contributed by atoms with Crippen LogP contribution >= 0.6 is 0 Å². The van der Waals surface area contributed by atoms with Crippen molar-refractivity contribution < 1.29 is 9.53 Å². The van der Waals surface area contributed by atoms with Gasteiger partial charge in [-0.05, 0) is 25.2 Å². The molecule has 4 heteroatoms. The molecule has 0 bridgehead atoms. The van der Waals surface area contributed by atoms with E-state index in [-0.39, 0.29) is 12.1 Å². The summed E-state index contributed by atoms with van der Waals surface area (Å²) in [6, 6.07) is 0.841. The molecule has 1 aliphatic rings. The number of hydrogen-bond donors (Lipinski definition) is 2. The van der Waals surface area contributed by atoms with E-state index in [4.69, 9.17) is 4.74 Å². The summed E-state index contributed by atoms with van der Waals surface area (Å²) in [6.07, 6.45) is 4.51. The van der Waals surface area contributed by atoms with Crippen molar-refractivity contribution in [3.8, 4) is 0 Å². The molecule has 0 aromatic rings. The second kappa shape index (κ2) is 7.54. The number of alkyl carbamates (subject to hydrolysis) is 1. The third-order valence-corrected chi connectivity index (χ3v) is 3.12. The molecule has 0 radical (unpaired) electrons. The first-order valence-electron chi connectivity index (χ1n) is 6.78. The number of rotatable bonds is 7. The molecule has 1 saturated carbocycles. The Hall–Kier alpha value is -0.770. The van der Waals surface area contributed by atoms with E-state index in [0.29, 0.717) is 18.6 Å². The summed E-state index contributed by atoms with van der Waals surface area (Å²) < 4.78 is 5.11. The summed E-state index contributed by atoms with van der Waals surface area (Å²) in [5.41, 5.74) is 0. The molecule has 0 heterocycles. The Bertz CT molecular complexity index is 227. The average Bonchev–Trinajstić information content (AvgIpc) is 2.22. The highest BCUT2D eigenvalue weighted by Crippen LogP contribution is 2.17. The largest absolute Gasteiger partial charge is 0.449 e. The number of ether oxygens (including phenoxy) is 1. The predicted molar refractivity (Wildman–Crippen MR) is 69.0 cm³/mol. The molecular formula is C13H26N2O2. The van der Waals surface area contributed by atoms with Crippen LogP contribution in [0.5, 0.6) is 0 Å². The maximum absolute atomic E-state index is 11.5. The lowest BCUT2D eigenvalue weighted by Gasteiger charge is -2.28. The number of amides is 1. The van der Waals surface area contributed by atoms with E-state index in [1.807, 2.05) is 13.8 Å². The minimum Gasteiger partial charge on any atom is -0.449 e. The third kappa shape index (κ3) is 5.91. The Morgan fingerprint density at radius 3 is 2.59 bits per heavy atom. The van der Waals surface area contributed by atoms with Crippen molar-refractivity contribution in [2.45, 2.75) is 58.5 Å². The van der Waals surface area contributed by atoms with Gasteiger partial charge in [-0.25, -0.2) is 4.79 Å². The highest BCUT2D eigenvalue weighted by molar-refractivity contribution is 5.67. The Balaban J connectivity index is 2.13. The summed E-state index contributed by atoms with van der Waals surface area (Å²) in [4.78, 5) is 11.5. The molecule has 0 aromatic carbocycles. The second-order valence-electron chi connectivity index (χ2n) is 5.28. The van der Waals surface area contributed by atoms with Crippen molar-refractivity contribution in [3.05, 3.63) is 0 Å². The highest BCUT2D eigenvalue weighted by Gasteiger charge is 2.19. The van der Waals surface area contributed by atoms with Gasteiger partial charge < -0.3 is 15.4 Å². The van der Waals surface area contributed by atoms with Crippen LogP contribution in [-0.2, 0) is 4.74 Å². The Morgan fingerprint density at radius 1 is 1.41 bits per heavy atom. The van der Waals surface area contributed by atoms with Crippen molar-refractivity contribution in [1.29, 1.82) is 0 Å². The average molecular weight is 242 g/mol. The topological polar surface area (TPSA) is 50.4 Å². The standard InChI is InChI=1S/C13H26N2O2/c1-4-11(8-14-12-6-5-7-12)15-13(16)17-9-10(2)3/h10-12,14H,4-9H2,1-3H3,(H,15,16). The molecule has 1 atom stereocenters. The van der Waals surface area contributed by atoms with E-state index >= 15 is 0 Å². The van der Waals surface area contributed by atoms with Gasteiger partial charge in [0.15, 0.2) is 0 Å². The second-order valence-corrected chi connectivity index (χ2v) is 5.28. The minimum absolute atomic E-state index is 0.176. The maximum Gasteiger partial charge on any atom is 0.407 e. The van der Waals surface area contributed by atoms with Crippen LogP contribution in [0.1, 0.15) is 46.5 Å². The van der Waals surface area contributed by atoms with Crippen LogP contribution in [0.2, 0.25) is 0 Å². The normalized spacial score (nSPS) is 17.6. The molecule has 0 saturated heterocycles. The molecule has 1 rings (SSSR count). The zero-order valence-corrected chi connectivity index (χ0v) is 11.3. The predicted octanol–water partition coefficient (Wildman–Crippen LogP) is 2.29. The van der Waals surface area contributed by atoms with Crippen molar-refractivity contribution in [2.24, 2.45) is 5.92 Å². The van der Waals surface area contributed by atoms with Crippen molar-refractivity contribution in [2.75, 3.05) is 13.2 Å². The molecule has 1 amide bonds. The molecular weight excluding hydrogens is 216 g/mol. The maximum atomic E-state index is 11.5. The minimum atomic E-state index is -0.291. The SMILES string of the molecule is CCC(CNC1CCC1)NC(=O)OCC(C)C. The van der Waals surface area contributed by atoms with Crippen molar-refractivity contribution in [1.82, 2.24) is 10.6 Å². The van der Waals surface area contributed by atoms with Crippen LogP contribution < -0.4 is 10.6 Å². The quantitative estimate of drug-likeness (QED) is 0.720. The summed E-state index contributed by atoms with van der Waals surface area (Å²) in [5.74, 6) is 0.383. The van der Waals surface area contributed by atoms with Crippen LogP contribution in [0.3, 0.4) is 0 Å². The van der Waals surface area contributed by atoms with Gasteiger partial charge >= 0.3 is 6.09 Å². The van der Waals surface area contributed by atoms with Gasteiger partial charge in [0.1, 0.15) is 0 Å². The van der Waals surface area contributed by atoms with Crippen LogP contribution in [-0.4, -0.2) is 31.3 Å². The van der Waals surface area contributed by atoms with Gasteiger partial charge in [-0.3, -0.25) is 0 Å². The van der Waals surface area contributed by atoms with Gasteiger partial charge in [0, 0.05) is 18.6 Å². The number of hydrogen-bond acceptors (Lipinski definition) is 3. The molecule has 17 heavy (non-hydrogen) atoms. The van der Waals surface area contributed by atoms with Gasteiger partial charge in [-0.15, -0.1) is 0 Å². The molecule has 1 aliphatic carbocycles. The first kappa shape index (κ1) is 14.3. The lowest BCUT2D eigenvalue weighted by atomic mass is 9.93. The van der Waals surface area contributed by atoms with Crippen molar-refractivity contribution >= 4 is 6.09 Å². The van der Waals surface area contributed by atoms with E-state index in [1.54, 1.807) is 0 Å². The fourth-order valence-electron chi connectivity index (χ4n) is 1.67. The summed E-state index contributed by atoms with van der Waals surface area (Å²) in [6.45, 7) is 7.47. The van der Waals surface area contributed by atoms with Crippen LogP contribution in [0.4, 0.5) is 4.79 Å². The monoisotopic (exact) mass is 242 g/mol. The Kier molecular flexibility index (Phi) is 6.34. The zero-order chi connectivity index (χ0) is 12.7.